The van der Waals surface area contributed by atoms with Gasteiger partial charge in [0.05, 0.1) is 5.56 Å². The molecule has 1 aliphatic carbocycles. The minimum Gasteiger partial charge on any atom is -0.366 e. The van der Waals surface area contributed by atoms with E-state index in [9.17, 15) is 9.59 Å². The molecule has 0 fully saturated rings. The predicted molar refractivity (Wildman–Crippen MR) is 117 cm³/mol. The van der Waals surface area contributed by atoms with Crippen LogP contribution in [0, 0.1) is 5.92 Å². The first-order valence-corrected chi connectivity index (χ1v) is 10.7. The van der Waals surface area contributed by atoms with Gasteiger partial charge in [-0.1, -0.05) is 61.5 Å². The van der Waals surface area contributed by atoms with Gasteiger partial charge in [-0.05, 0) is 42.0 Å². The number of amides is 2. The van der Waals surface area contributed by atoms with Gasteiger partial charge in [-0.3, -0.25) is 9.59 Å². The highest BCUT2D eigenvalue weighted by molar-refractivity contribution is 7.16. The fourth-order valence-electron chi connectivity index (χ4n) is 3.94. The van der Waals surface area contributed by atoms with Gasteiger partial charge in [0.25, 0.3) is 5.91 Å². The van der Waals surface area contributed by atoms with Crippen molar-refractivity contribution in [3.05, 3.63) is 87.8 Å². The molecule has 2 amide bonds. The fourth-order valence-corrected chi connectivity index (χ4v) is 5.09. The third kappa shape index (κ3) is 4.10. The van der Waals surface area contributed by atoms with E-state index in [0.717, 1.165) is 29.7 Å². The van der Waals surface area contributed by atoms with Crippen LogP contribution in [0.5, 0.6) is 0 Å². The zero-order valence-electron chi connectivity index (χ0n) is 16.4. The highest BCUT2D eigenvalue weighted by Crippen LogP contribution is 2.36. The number of carbonyl (C=O) groups excluding carboxylic acids is 2. The van der Waals surface area contributed by atoms with Crippen molar-refractivity contribution in [3.8, 4) is 0 Å². The van der Waals surface area contributed by atoms with Crippen LogP contribution in [0.4, 0.5) is 5.00 Å². The Morgan fingerprint density at radius 2 is 1.76 bits per heavy atom. The van der Waals surface area contributed by atoms with Gasteiger partial charge >= 0.3 is 0 Å². The smallest absolute Gasteiger partial charge is 0.251 e. The number of benzene rings is 2. The summed E-state index contributed by atoms with van der Waals surface area (Å²) in [6, 6.07) is 20.2. The van der Waals surface area contributed by atoms with Crippen LogP contribution in [0.1, 0.15) is 51.2 Å². The second-order valence-corrected chi connectivity index (χ2v) is 8.67. The van der Waals surface area contributed by atoms with E-state index in [1.54, 1.807) is 0 Å². The van der Waals surface area contributed by atoms with Gasteiger partial charge in [-0.15, -0.1) is 11.3 Å². The van der Waals surface area contributed by atoms with Gasteiger partial charge < -0.3 is 11.1 Å². The Kier molecular flexibility index (Phi) is 5.49. The molecule has 4 rings (SSSR count). The Morgan fingerprint density at radius 1 is 1.07 bits per heavy atom. The van der Waals surface area contributed by atoms with E-state index >= 15 is 0 Å². The summed E-state index contributed by atoms with van der Waals surface area (Å²) >= 11 is 1.44. The van der Waals surface area contributed by atoms with E-state index in [0.29, 0.717) is 10.6 Å². The van der Waals surface area contributed by atoms with Crippen molar-refractivity contribution in [1.82, 2.24) is 0 Å². The normalized spacial score (nSPS) is 16.7. The Bertz CT molecular complexity index is 1040. The van der Waals surface area contributed by atoms with Gasteiger partial charge in [0.2, 0.25) is 5.91 Å². The number of thiophene rings is 1. The van der Waals surface area contributed by atoms with Crippen molar-refractivity contribution in [2.24, 2.45) is 11.7 Å². The Labute approximate surface area is 174 Å². The third-order valence-electron chi connectivity index (χ3n) is 5.70. The molecule has 0 spiro atoms. The number of nitrogens with two attached hydrogens (primary N) is 1. The van der Waals surface area contributed by atoms with Gasteiger partial charge in [-0.2, -0.15) is 0 Å². The maximum absolute atomic E-state index is 12.9. The average molecular weight is 405 g/mol. The molecule has 0 radical (unpaired) electrons. The molecule has 2 atom stereocenters. The topological polar surface area (TPSA) is 72.2 Å². The number of carbonyl (C=O) groups is 2. The van der Waals surface area contributed by atoms with Crippen molar-refractivity contribution in [2.75, 3.05) is 5.32 Å². The molecule has 1 heterocycles. The first-order valence-electron chi connectivity index (χ1n) is 9.89. The van der Waals surface area contributed by atoms with Crippen LogP contribution >= 0.6 is 11.3 Å². The minimum absolute atomic E-state index is 0.0391. The number of nitrogens with one attached hydrogen (secondary N) is 1. The van der Waals surface area contributed by atoms with Gasteiger partial charge in [0, 0.05) is 16.7 Å². The van der Waals surface area contributed by atoms with E-state index in [1.165, 1.54) is 22.5 Å². The number of hydrogen-bond acceptors (Lipinski definition) is 3. The molecule has 0 bridgehead atoms. The summed E-state index contributed by atoms with van der Waals surface area (Å²) in [7, 11) is 0. The number of hydrogen-bond donors (Lipinski definition) is 2. The maximum Gasteiger partial charge on any atom is 0.251 e. The van der Waals surface area contributed by atoms with Crippen LogP contribution in [-0.4, -0.2) is 11.8 Å². The fraction of sp³-hybridized carbons (Fsp3) is 0.250. The van der Waals surface area contributed by atoms with Crippen molar-refractivity contribution in [2.45, 2.75) is 32.1 Å². The van der Waals surface area contributed by atoms with Crippen molar-refractivity contribution in [3.63, 3.8) is 0 Å². The SMILES string of the molecule is CC(c1ccccc1)c1cc(C(N)=O)c(NC(=O)C2CCc3ccccc3C2)s1. The molecule has 5 heteroatoms. The Hall–Kier alpha value is -2.92. The molecule has 1 aromatic heterocycles. The quantitative estimate of drug-likeness (QED) is 0.644. The monoisotopic (exact) mass is 404 g/mol. The van der Waals surface area contributed by atoms with Crippen LogP contribution in [0.25, 0.3) is 0 Å². The van der Waals surface area contributed by atoms with Crippen molar-refractivity contribution < 1.29 is 9.59 Å². The lowest BCUT2D eigenvalue weighted by Gasteiger charge is -2.23. The third-order valence-corrected chi connectivity index (χ3v) is 6.93. The summed E-state index contributed by atoms with van der Waals surface area (Å²) in [5.41, 5.74) is 9.70. The molecule has 4 nitrogen and oxygen atoms in total. The summed E-state index contributed by atoms with van der Waals surface area (Å²) < 4.78 is 0. The summed E-state index contributed by atoms with van der Waals surface area (Å²) in [6.07, 6.45) is 2.44. The molecule has 3 N–H and O–H groups in total. The van der Waals surface area contributed by atoms with Gasteiger partial charge in [0.15, 0.2) is 0 Å². The van der Waals surface area contributed by atoms with Crippen LogP contribution in [0.15, 0.2) is 60.7 Å². The molecule has 0 saturated heterocycles. The van der Waals surface area contributed by atoms with E-state index < -0.39 is 5.91 Å². The summed E-state index contributed by atoms with van der Waals surface area (Å²) in [5, 5.41) is 3.55. The zero-order chi connectivity index (χ0) is 20.4. The molecule has 29 heavy (non-hydrogen) atoms. The molecule has 0 saturated carbocycles. The number of rotatable bonds is 5. The Balaban J connectivity index is 1.54. The Morgan fingerprint density at radius 3 is 2.48 bits per heavy atom. The van der Waals surface area contributed by atoms with E-state index in [2.05, 4.69) is 36.5 Å². The number of fused-ring (bicyclic) bond motifs is 1. The van der Waals surface area contributed by atoms with Crippen LogP contribution in [0.3, 0.4) is 0 Å². The maximum atomic E-state index is 12.9. The molecule has 2 unspecified atom stereocenters. The predicted octanol–water partition coefficient (Wildman–Crippen LogP) is 4.74. The summed E-state index contributed by atoms with van der Waals surface area (Å²) in [4.78, 5) is 25.9. The lowest BCUT2D eigenvalue weighted by atomic mass is 9.83. The van der Waals surface area contributed by atoms with Crippen molar-refractivity contribution >= 4 is 28.2 Å². The van der Waals surface area contributed by atoms with Crippen LogP contribution < -0.4 is 11.1 Å². The number of primary amides is 1. The highest BCUT2D eigenvalue weighted by Gasteiger charge is 2.27. The number of aryl methyl sites for hydroxylation is 1. The molecular formula is C24H24N2O2S. The first-order chi connectivity index (χ1) is 14.0. The van der Waals surface area contributed by atoms with E-state index in [1.807, 2.05) is 36.4 Å². The minimum atomic E-state index is -0.517. The lowest BCUT2D eigenvalue weighted by Crippen LogP contribution is -2.28. The molecule has 148 valence electrons. The second kappa shape index (κ2) is 8.21. The molecule has 0 aliphatic heterocycles. The van der Waals surface area contributed by atoms with Crippen molar-refractivity contribution in [1.29, 1.82) is 0 Å². The largest absolute Gasteiger partial charge is 0.366 e. The van der Waals surface area contributed by atoms with Gasteiger partial charge in [0.1, 0.15) is 5.00 Å². The van der Waals surface area contributed by atoms with E-state index in [-0.39, 0.29) is 17.7 Å². The molecule has 3 aromatic rings. The van der Waals surface area contributed by atoms with Gasteiger partial charge in [-0.25, -0.2) is 0 Å². The van der Waals surface area contributed by atoms with Crippen LogP contribution in [-0.2, 0) is 17.6 Å². The molecular weight excluding hydrogens is 380 g/mol. The standard InChI is InChI=1S/C24H24N2O2S/c1-15(16-7-3-2-4-8-16)21-14-20(22(25)27)24(29-21)26-23(28)19-12-11-17-9-5-6-10-18(17)13-19/h2-10,14-15,19H,11-13H2,1H3,(H2,25,27)(H,26,28). The zero-order valence-corrected chi connectivity index (χ0v) is 17.2. The molecule has 2 aromatic carbocycles. The summed E-state index contributed by atoms with van der Waals surface area (Å²) in [6.45, 7) is 2.09. The highest BCUT2D eigenvalue weighted by atomic mass is 32.1. The molecule has 1 aliphatic rings. The second-order valence-electron chi connectivity index (χ2n) is 7.59. The van der Waals surface area contributed by atoms with E-state index in [4.69, 9.17) is 5.73 Å². The van der Waals surface area contributed by atoms with Crippen LogP contribution in [0.2, 0.25) is 0 Å². The number of anilines is 1. The average Bonchev–Trinajstić information content (AvgIpc) is 3.17. The summed E-state index contributed by atoms with van der Waals surface area (Å²) in [5.74, 6) is -0.533. The first kappa shape index (κ1) is 19.4. The lowest BCUT2D eigenvalue weighted by molar-refractivity contribution is -0.120.